The van der Waals surface area contributed by atoms with E-state index in [9.17, 15) is 4.79 Å². The van der Waals surface area contributed by atoms with Crippen LogP contribution in [0.4, 0.5) is 0 Å². The van der Waals surface area contributed by atoms with Crippen LogP contribution in [-0.4, -0.2) is 12.9 Å². The molecule has 74 valence electrons. The molecule has 2 nitrogen and oxygen atoms in total. The van der Waals surface area contributed by atoms with Gasteiger partial charge in [-0.1, -0.05) is 6.92 Å². The second-order valence-electron chi connectivity index (χ2n) is 3.96. The average Bonchev–Trinajstić information content (AvgIpc) is 2.16. The number of hydrogen-bond donors (Lipinski definition) is 0. The third-order valence-corrected chi connectivity index (χ3v) is 2.72. The van der Waals surface area contributed by atoms with E-state index in [2.05, 4.69) is 6.92 Å². The van der Waals surface area contributed by atoms with Gasteiger partial charge < -0.3 is 4.74 Å². The van der Waals surface area contributed by atoms with Gasteiger partial charge in [0.05, 0.1) is 7.11 Å². The molecule has 0 saturated heterocycles. The first-order valence-electron chi connectivity index (χ1n) is 4.91. The van der Waals surface area contributed by atoms with Crippen LogP contribution in [0.15, 0.2) is 18.2 Å². The number of rotatable bonds is 1. The molecular formula is C12H14O2. The number of Topliss-reactive ketones (excluding diaryl/α,β-unsaturated/α-hetero) is 1. The van der Waals surface area contributed by atoms with Gasteiger partial charge in [0, 0.05) is 12.0 Å². The molecule has 0 spiro atoms. The van der Waals surface area contributed by atoms with Crippen molar-refractivity contribution in [2.45, 2.75) is 19.8 Å². The van der Waals surface area contributed by atoms with Crippen molar-refractivity contribution in [2.24, 2.45) is 5.92 Å². The van der Waals surface area contributed by atoms with Crippen LogP contribution in [0.3, 0.4) is 0 Å². The maximum Gasteiger partial charge on any atom is 0.163 e. The summed E-state index contributed by atoms with van der Waals surface area (Å²) in [5, 5.41) is 0. The summed E-state index contributed by atoms with van der Waals surface area (Å²) in [5.41, 5.74) is 2.01. The van der Waals surface area contributed by atoms with Crippen LogP contribution in [0, 0.1) is 5.92 Å². The quantitative estimate of drug-likeness (QED) is 0.680. The minimum atomic E-state index is 0.265. The Morgan fingerprint density at radius 2 is 2.14 bits per heavy atom. The van der Waals surface area contributed by atoms with Gasteiger partial charge in [-0.2, -0.15) is 0 Å². The summed E-state index contributed by atoms with van der Waals surface area (Å²) in [5.74, 6) is 1.56. The molecule has 2 rings (SSSR count). The van der Waals surface area contributed by atoms with Crippen LogP contribution in [0.25, 0.3) is 0 Å². The molecule has 0 fully saturated rings. The lowest BCUT2D eigenvalue weighted by Crippen LogP contribution is -2.17. The summed E-state index contributed by atoms with van der Waals surface area (Å²) in [6, 6.07) is 5.71. The van der Waals surface area contributed by atoms with Crippen LogP contribution in [0.5, 0.6) is 5.75 Å². The number of benzene rings is 1. The van der Waals surface area contributed by atoms with Crippen molar-refractivity contribution in [3.8, 4) is 5.75 Å². The van der Waals surface area contributed by atoms with Gasteiger partial charge in [0.25, 0.3) is 0 Å². The van der Waals surface area contributed by atoms with Crippen molar-refractivity contribution in [1.82, 2.24) is 0 Å². The monoisotopic (exact) mass is 190 g/mol. The predicted molar refractivity (Wildman–Crippen MR) is 54.8 cm³/mol. The van der Waals surface area contributed by atoms with E-state index in [1.165, 1.54) is 0 Å². The highest BCUT2D eigenvalue weighted by Gasteiger charge is 2.22. The van der Waals surface area contributed by atoms with E-state index in [1.54, 1.807) is 7.11 Å². The summed E-state index contributed by atoms with van der Waals surface area (Å²) in [4.78, 5) is 11.7. The first kappa shape index (κ1) is 9.25. The first-order chi connectivity index (χ1) is 6.70. The standard InChI is InChI=1S/C12H14O2/c1-8-5-9-7-10(14-2)3-4-11(9)12(13)6-8/h3-4,7-8H,5-6H2,1-2H3. The Labute approximate surface area is 83.9 Å². The highest BCUT2D eigenvalue weighted by atomic mass is 16.5. The lowest BCUT2D eigenvalue weighted by molar-refractivity contribution is 0.0953. The molecule has 0 saturated carbocycles. The number of methoxy groups -OCH3 is 1. The van der Waals surface area contributed by atoms with Gasteiger partial charge in [0.2, 0.25) is 0 Å². The predicted octanol–water partition coefficient (Wildman–Crippen LogP) is 2.46. The SMILES string of the molecule is COc1ccc2c(c1)CC(C)CC2=O. The van der Waals surface area contributed by atoms with Crippen molar-refractivity contribution < 1.29 is 9.53 Å². The topological polar surface area (TPSA) is 26.3 Å². The molecular weight excluding hydrogens is 176 g/mol. The van der Waals surface area contributed by atoms with Gasteiger partial charge in [-0.05, 0) is 36.1 Å². The Kier molecular flexibility index (Phi) is 2.28. The van der Waals surface area contributed by atoms with Crippen LogP contribution >= 0.6 is 0 Å². The van der Waals surface area contributed by atoms with Crippen molar-refractivity contribution in [3.05, 3.63) is 29.3 Å². The van der Waals surface area contributed by atoms with E-state index in [4.69, 9.17) is 4.74 Å². The fraction of sp³-hybridized carbons (Fsp3) is 0.417. The molecule has 0 N–H and O–H groups in total. The molecule has 1 aromatic rings. The molecule has 1 aliphatic rings. The van der Waals surface area contributed by atoms with Crippen LogP contribution in [0.2, 0.25) is 0 Å². The molecule has 1 aliphatic carbocycles. The molecule has 0 heterocycles. The van der Waals surface area contributed by atoms with E-state index < -0.39 is 0 Å². The van der Waals surface area contributed by atoms with E-state index in [-0.39, 0.29) is 5.78 Å². The van der Waals surface area contributed by atoms with Gasteiger partial charge >= 0.3 is 0 Å². The lowest BCUT2D eigenvalue weighted by Gasteiger charge is -2.20. The summed E-state index contributed by atoms with van der Waals surface area (Å²) in [6.45, 7) is 2.11. The van der Waals surface area contributed by atoms with Crippen molar-refractivity contribution in [2.75, 3.05) is 7.11 Å². The second-order valence-corrected chi connectivity index (χ2v) is 3.96. The maximum absolute atomic E-state index is 11.7. The minimum absolute atomic E-state index is 0.265. The van der Waals surface area contributed by atoms with Crippen molar-refractivity contribution >= 4 is 5.78 Å². The Hall–Kier alpha value is -1.31. The molecule has 0 aliphatic heterocycles. The summed E-state index contributed by atoms with van der Waals surface area (Å²) in [6.07, 6.45) is 1.66. The van der Waals surface area contributed by atoms with Gasteiger partial charge in [0.15, 0.2) is 5.78 Å². The van der Waals surface area contributed by atoms with Gasteiger partial charge in [0.1, 0.15) is 5.75 Å². The zero-order valence-electron chi connectivity index (χ0n) is 8.54. The second kappa shape index (κ2) is 3.45. The largest absolute Gasteiger partial charge is 0.497 e. The Balaban J connectivity index is 2.44. The summed E-state index contributed by atoms with van der Waals surface area (Å²) >= 11 is 0. The summed E-state index contributed by atoms with van der Waals surface area (Å²) in [7, 11) is 1.65. The number of ether oxygens (including phenoxy) is 1. The number of fused-ring (bicyclic) bond motifs is 1. The lowest BCUT2D eigenvalue weighted by atomic mass is 9.84. The molecule has 0 aromatic heterocycles. The smallest absolute Gasteiger partial charge is 0.163 e. The van der Waals surface area contributed by atoms with E-state index in [0.717, 1.165) is 23.3 Å². The van der Waals surface area contributed by atoms with Crippen LogP contribution in [-0.2, 0) is 6.42 Å². The number of carbonyl (C=O) groups excluding carboxylic acids is 1. The Bertz CT molecular complexity index is 369. The molecule has 0 amide bonds. The van der Waals surface area contributed by atoms with Gasteiger partial charge in [-0.3, -0.25) is 4.79 Å². The van der Waals surface area contributed by atoms with E-state index in [0.29, 0.717) is 12.3 Å². The zero-order chi connectivity index (χ0) is 10.1. The van der Waals surface area contributed by atoms with Crippen LogP contribution in [0.1, 0.15) is 29.3 Å². The Morgan fingerprint density at radius 3 is 2.86 bits per heavy atom. The van der Waals surface area contributed by atoms with E-state index in [1.807, 2.05) is 18.2 Å². The molecule has 14 heavy (non-hydrogen) atoms. The summed E-state index contributed by atoms with van der Waals surface area (Å²) < 4.78 is 5.14. The van der Waals surface area contributed by atoms with Crippen molar-refractivity contribution in [1.29, 1.82) is 0 Å². The third kappa shape index (κ3) is 1.52. The molecule has 2 heteroatoms. The normalized spacial score (nSPS) is 20.4. The molecule has 1 aromatic carbocycles. The number of carbonyl (C=O) groups is 1. The number of ketones is 1. The highest BCUT2D eigenvalue weighted by Crippen LogP contribution is 2.28. The minimum Gasteiger partial charge on any atom is -0.497 e. The van der Waals surface area contributed by atoms with Crippen LogP contribution < -0.4 is 4.74 Å². The van der Waals surface area contributed by atoms with Gasteiger partial charge in [-0.25, -0.2) is 0 Å². The fourth-order valence-electron chi connectivity index (χ4n) is 2.01. The Morgan fingerprint density at radius 1 is 1.36 bits per heavy atom. The molecule has 0 radical (unpaired) electrons. The third-order valence-electron chi connectivity index (χ3n) is 2.72. The van der Waals surface area contributed by atoms with Crippen molar-refractivity contribution in [3.63, 3.8) is 0 Å². The molecule has 1 unspecified atom stereocenters. The average molecular weight is 190 g/mol. The number of hydrogen-bond acceptors (Lipinski definition) is 2. The van der Waals surface area contributed by atoms with E-state index >= 15 is 0 Å². The zero-order valence-corrected chi connectivity index (χ0v) is 8.54. The first-order valence-corrected chi connectivity index (χ1v) is 4.91. The van der Waals surface area contributed by atoms with Gasteiger partial charge in [-0.15, -0.1) is 0 Å². The highest BCUT2D eigenvalue weighted by molar-refractivity contribution is 5.98. The fourth-order valence-corrected chi connectivity index (χ4v) is 2.01. The molecule has 0 bridgehead atoms. The maximum atomic E-state index is 11.7. The molecule has 1 atom stereocenters.